The van der Waals surface area contributed by atoms with E-state index in [0.29, 0.717) is 12.2 Å². The molecular weight excluding hydrogens is 366 g/mol. The number of carbonyl (C=O) groups excluding carboxylic acids is 1. The first-order valence-electron chi connectivity index (χ1n) is 10.4. The highest BCUT2D eigenvalue weighted by atomic mass is 16.5. The lowest BCUT2D eigenvalue weighted by molar-refractivity contribution is -0.128. The van der Waals surface area contributed by atoms with Crippen LogP contribution in [0.1, 0.15) is 55.8 Å². The number of carbonyl (C=O) groups is 1. The van der Waals surface area contributed by atoms with E-state index < -0.39 is 6.10 Å². The Morgan fingerprint density at radius 3 is 2.41 bits per heavy atom. The van der Waals surface area contributed by atoms with Gasteiger partial charge in [0.05, 0.1) is 20.3 Å². The van der Waals surface area contributed by atoms with E-state index in [1.54, 1.807) is 14.2 Å². The highest BCUT2D eigenvalue weighted by molar-refractivity contribution is 5.81. The van der Waals surface area contributed by atoms with Crippen LogP contribution in [0.5, 0.6) is 17.2 Å². The van der Waals surface area contributed by atoms with Gasteiger partial charge in [-0.1, -0.05) is 13.0 Å². The first-order valence-corrected chi connectivity index (χ1v) is 10.4. The van der Waals surface area contributed by atoms with Crippen LogP contribution in [0.15, 0.2) is 36.4 Å². The summed E-state index contributed by atoms with van der Waals surface area (Å²) < 4.78 is 16.8. The number of rotatable bonds is 8. The molecule has 1 aliphatic rings. The average Bonchev–Trinajstić information content (AvgIpc) is 2.76. The monoisotopic (exact) mass is 397 g/mol. The molecule has 2 aromatic rings. The van der Waals surface area contributed by atoms with Crippen molar-refractivity contribution >= 4 is 5.91 Å². The van der Waals surface area contributed by atoms with E-state index in [2.05, 4.69) is 17.4 Å². The van der Waals surface area contributed by atoms with Crippen molar-refractivity contribution in [1.29, 1.82) is 0 Å². The summed E-state index contributed by atoms with van der Waals surface area (Å²) in [7, 11) is 3.24. The molecule has 1 aliphatic carbocycles. The van der Waals surface area contributed by atoms with E-state index in [-0.39, 0.29) is 11.9 Å². The summed E-state index contributed by atoms with van der Waals surface area (Å²) in [5.41, 5.74) is 3.61. The first-order chi connectivity index (χ1) is 14.0. The molecule has 0 saturated carbocycles. The van der Waals surface area contributed by atoms with Crippen molar-refractivity contribution in [3.8, 4) is 17.2 Å². The third kappa shape index (κ3) is 5.03. The molecule has 0 unspecified atom stereocenters. The molecular formula is C24H31NO4. The van der Waals surface area contributed by atoms with Crippen molar-refractivity contribution in [2.75, 3.05) is 14.2 Å². The van der Waals surface area contributed by atoms with Crippen LogP contribution in [0.4, 0.5) is 0 Å². The Labute approximate surface area is 173 Å². The number of nitrogens with one attached hydrogen (secondary N) is 1. The van der Waals surface area contributed by atoms with Gasteiger partial charge in [0.25, 0.3) is 5.91 Å². The molecule has 5 nitrogen and oxygen atoms in total. The molecule has 0 fully saturated rings. The van der Waals surface area contributed by atoms with E-state index in [9.17, 15) is 4.79 Å². The van der Waals surface area contributed by atoms with E-state index >= 15 is 0 Å². The predicted octanol–water partition coefficient (Wildman–Crippen LogP) is 4.62. The molecule has 2 aromatic carbocycles. The maximum atomic E-state index is 12.9. The minimum Gasteiger partial charge on any atom is -0.497 e. The molecule has 2 atom stereocenters. The van der Waals surface area contributed by atoms with Gasteiger partial charge in [-0.25, -0.2) is 0 Å². The number of aryl methyl sites for hydroxylation is 2. The molecule has 29 heavy (non-hydrogen) atoms. The third-order valence-electron chi connectivity index (χ3n) is 5.52. The van der Waals surface area contributed by atoms with Gasteiger partial charge in [-0.05, 0) is 80.5 Å². The van der Waals surface area contributed by atoms with Gasteiger partial charge in [0.2, 0.25) is 0 Å². The van der Waals surface area contributed by atoms with Gasteiger partial charge in [0.1, 0.15) is 17.2 Å². The lowest BCUT2D eigenvalue weighted by Crippen LogP contribution is -2.39. The number of amides is 1. The minimum atomic E-state index is -0.546. The van der Waals surface area contributed by atoms with Crippen LogP contribution in [0, 0.1) is 0 Å². The molecule has 0 aromatic heterocycles. The molecule has 156 valence electrons. The quantitative estimate of drug-likeness (QED) is 0.706. The SMILES string of the molecule is CC[C@H](Oc1ccc2c(c1)CCCC2)C(=O)N[C@H](C)c1cc(OC)ccc1OC. The molecule has 3 rings (SSSR count). The van der Waals surface area contributed by atoms with Crippen molar-refractivity contribution in [1.82, 2.24) is 5.32 Å². The van der Waals surface area contributed by atoms with E-state index in [1.807, 2.05) is 38.1 Å². The van der Waals surface area contributed by atoms with Crippen molar-refractivity contribution < 1.29 is 19.0 Å². The molecule has 0 aliphatic heterocycles. The summed E-state index contributed by atoms with van der Waals surface area (Å²) in [5.74, 6) is 2.06. The number of hydrogen-bond donors (Lipinski definition) is 1. The normalized spacial score (nSPS) is 15.0. The van der Waals surface area contributed by atoms with Gasteiger partial charge in [0, 0.05) is 5.56 Å². The fourth-order valence-corrected chi connectivity index (χ4v) is 3.83. The molecule has 0 spiro atoms. The Bertz CT molecular complexity index is 849. The van der Waals surface area contributed by atoms with Gasteiger partial charge >= 0.3 is 0 Å². The summed E-state index contributed by atoms with van der Waals surface area (Å²) in [5, 5.41) is 3.06. The van der Waals surface area contributed by atoms with Crippen molar-refractivity contribution in [2.24, 2.45) is 0 Å². The topological polar surface area (TPSA) is 56.8 Å². The Balaban J connectivity index is 1.70. The fourth-order valence-electron chi connectivity index (χ4n) is 3.83. The summed E-state index contributed by atoms with van der Waals surface area (Å²) >= 11 is 0. The molecule has 0 radical (unpaired) electrons. The summed E-state index contributed by atoms with van der Waals surface area (Å²) in [4.78, 5) is 12.9. The maximum Gasteiger partial charge on any atom is 0.261 e. The summed E-state index contributed by atoms with van der Waals surface area (Å²) in [6.07, 6.45) is 4.73. The average molecular weight is 398 g/mol. The number of fused-ring (bicyclic) bond motifs is 1. The molecule has 0 heterocycles. The van der Waals surface area contributed by atoms with Crippen LogP contribution in [0.3, 0.4) is 0 Å². The van der Waals surface area contributed by atoms with Gasteiger partial charge in [-0.2, -0.15) is 0 Å². The smallest absolute Gasteiger partial charge is 0.261 e. The number of benzene rings is 2. The second kappa shape index (κ2) is 9.68. The molecule has 0 bridgehead atoms. The Morgan fingerprint density at radius 2 is 1.72 bits per heavy atom. The highest BCUT2D eigenvalue weighted by Crippen LogP contribution is 2.30. The number of methoxy groups -OCH3 is 2. The minimum absolute atomic E-state index is 0.136. The Hall–Kier alpha value is -2.69. The highest BCUT2D eigenvalue weighted by Gasteiger charge is 2.23. The van der Waals surface area contributed by atoms with Crippen LogP contribution >= 0.6 is 0 Å². The zero-order valence-electron chi connectivity index (χ0n) is 17.8. The zero-order valence-corrected chi connectivity index (χ0v) is 17.8. The fraction of sp³-hybridized carbons (Fsp3) is 0.458. The van der Waals surface area contributed by atoms with Crippen LogP contribution in [-0.4, -0.2) is 26.2 Å². The standard InChI is InChI=1S/C24H31NO4/c1-5-22(29-20-11-10-17-8-6-7-9-18(17)14-20)24(26)25-16(2)21-15-19(27-3)12-13-23(21)28-4/h10-16,22H,5-9H2,1-4H3,(H,25,26)/t16-,22+/m1/s1. The molecule has 0 saturated heterocycles. The zero-order chi connectivity index (χ0) is 20.8. The molecule has 1 amide bonds. The van der Waals surface area contributed by atoms with E-state index in [1.165, 1.54) is 24.0 Å². The van der Waals surface area contributed by atoms with Crippen molar-refractivity contribution in [3.63, 3.8) is 0 Å². The lowest BCUT2D eigenvalue weighted by Gasteiger charge is -2.23. The first kappa shape index (κ1) is 21.0. The molecule has 5 heteroatoms. The summed E-state index contributed by atoms with van der Waals surface area (Å²) in [6, 6.07) is 11.5. The van der Waals surface area contributed by atoms with Crippen molar-refractivity contribution in [3.05, 3.63) is 53.1 Å². The van der Waals surface area contributed by atoms with Gasteiger partial charge < -0.3 is 19.5 Å². The second-order valence-electron chi connectivity index (χ2n) is 7.49. The van der Waals surface area contributed by atoms with E-state index in [0.717, 1.165) is 29.9 Å². The second-order valence-corrected chi connectivity index (χ2v) is 7.49. The van der Waals surface area contributed by atoms with Crippen LogP contribution in [0.25, 0.3) is 0 Å². The van der Waals surface area contributed by atoms with Gasteiger partial charge in [-0.15, -0.1) is 0 Å². The maximum absolute atomic E-state index is 12.9. The number of ether oxygens (including phenoxy) is 3. The Morgan fingerprint density at radius 1 is 1.00 bits per heavy atom. The third-order valence-corrected chi connectivity index (χ3v) is 5.52. The number of hydrogen-bond acceptors (Lipinski definition) is 4. The van der Waals surface area contributed by atoms with Crippen LogP contribution < -0.4 is 19.5 Å². The van der Waals surface area contributed by atoms with Crippen molar-refractivity contribution in [2.45, 2.75) is 58.1 Å². The van der Waals surface area contributed by atoms with Gasteiger partial charge in [0.15, 0.2) is 6.10 Å². The van der Waals surface area contributed by atoms with Crippen LogP contribution in [-0.2, 0) is 17.6 Å². The summed E-state index contributed by atoms with van der Waals surface area (Å²) in [6.45, 7) is 3.89. The Kier molecular flexibility index (Phi) is 7.02. The lowest BCUT2D eigenvalue weighted by atomic mass is 9.92. The van der Waals surface area contributed by atoms with Gasteiger partial charge in [-0.3, -0.25) is 4.79 Å². The predicted molar refractivity (Wildman–Crippen MR) is 114 cm³/mol. The van der Waals surface area contributed by atoms with Crippen LogP contribution in [0.2, 0.25) is 0 Å². The van der Waals surface area contributed by atoms with E-state index in [4.69, 9.17) is 14.2 Å². The largest absolute Gasteiger partial charge is 0.497 e. The molecule has 1 N–H and O–H groups in total.